The van der Waals surface area contributed by atoms with Gasteiger partial charge < -0.3 is 14.7 Å². The third-order valence-electron chi connectivity index (χ3n) is 7.65. The van der Waals surface area contributed by atoms with Crippen LogP contribution in [0.2, 0.25) is 0 Å². The van der Waals surface area contributed by atoms with Gasteiger partial charge in [-0.1, -0.05) is 54.6 Å². The predicted octanol–water partition coefficient (Wildman–Crippen LogP) is 5.07. The van der Waals surface area contributed by atoms with Gasteiger partial charge in [-0.2, -0.15) is 0 Å². The molecule has 2 aromatic carbocycles. The maximum Gasteiger partial charge on any atom is 0.410 e. The molecule has 2 unspecified atom stereocenters. The highest BCUT2D eigenvalue weighted by Crippen LogP contribution is 2.52. The number of hydrogen-bond donors (Lipinski definition) is 1. The number of carbonyl (C=O) groups is 2. The Labute approximate surface area is 207 Å². The van der Waals surface area contributed by atoms with E-state index in [-0.39, 0.29) is 17.6 Å². The first-order valence-corrected chi connectivity index (χ1v) is 12.7. The van der Waals surface area contributed by atoms with Crippen LogP contribution in [0.15, 0.2) is 54.6 Å². The first kappa shape index (κ1) is 23.9. The molecule has 35 heavy (non-hydrogen) atoms. The van der Waals surface area contributed by atoms with E-state index >= 15 is 0 Å². The quantitative estimate of drug-likeness (QED) is 0.604. The SMILES string of the molecule is CC(C)(C)OC(=O)N(CC1(CN2Cc3ccccc3C[C@H]2C(=O)O)CC1)C1CC1c1ccccc1. The second kappa shape index (κ2) is 8.98. The maximum atomic E-state index is 13.3. The highest BCUT2D eigenvalue weighted by molar-refractivity contribution is 5.74. The number of carboxylic acid groups (broad SMARTS) is 1. The van der Waals surface area contributed by atoms with E-state index in [2.05, 4.69) is 23.1 Å². The molecule has 0 aromatic heterocycles. The molecule has 1 amide bonds. The van der Waals surface area contributed by atoms with Gasteiger partial charge in [-0.05, 0) is 63.1 Å². The van der Waals surface area contributed by atoms with Crippen LogP contribution < -0.4 is 0 Å². The van der Waals surface area contributed by atoms with E-state index in [1.165, 1.54) is 11.1 Å². The van der Waals surface area contributed by atoms with Crippen molar-refractivity contribution in [3.05, 3.63) is 71.3 Å². The number of carboxylic acids is 1. The Balaban J connectivity index is 1.34. The lowest BCUT2D eigenvalue weighted by atomic mass is 9.92. The molecule has 1 N–H and O–H groups in total. The number of benzene rings is 2. The summed E-state index contributed by atoms with van der Waals surface area (Å²) in [5, 5.41) is 9.98. The third kappa shape index (κ3) is 5.37. The Bertz CT molecular complexity index is 1090. The van der Waals surface area contributed by atoms with Crippen LogP contribution in [0.3, 0.4) is 0 Å². The molecule has 6 heteroatoms. The van der Waals surface area contributed by atoms with Crippen LogP contribution in [0.25, 0.3) is 0 Å². The maximum absolute atomic E-state index is 13.3. The number of rotatable bonds is 7. The first-order chi connectivity index (χ1) is 16.6. The van der Waals surface area contributed by atoms with Crippen LogP contribution >= 0.6 is 0 Å². The Kier molecular flexibility index (Phi) is 6.12. The fraction of sp³-hybridized carbons (Fsp3) is 0.517. The molecule has 1 aliphatic heterocycles. The van der Waals surface area contributed by atoms with Crippen molar-refractivity contribution < 1.29 is 19.4 Å². The van der Waals surface area contributed by atoms with Crippen molar-refractivity contribution in [2.45, 2.75) is 76.6 Å². The second-order valence-electron chi connectivity index (χ2n) is 11.7. The standard InChI is InChI=1S/C29H36N2O4/c1-28(2,3)35-27(34)31(24-16-23(24)20-9-5-4-6-10-20)19-29(13-14-29)18-30-17-22-12-8-7-11-21(22)15-25(30)26(32)33/h4-12,23-25H,13-19H2,1-3H3,(H,32,33)/t23?,24?,25-/m0/s1. The van der Waals surface area contributed by atoms with Crippen LogP contribution in [0, 0.1) is 5.41 Å². The molecule has 0 spiro atoms. The van der Waals surface area contributed by atoms with Crippen LogP contribution in [0.5, 0.6) is 0 Å². The fourth-order valence-corrected chi connectivity index (χ4v) is 5.54. The lowest BCUT2D eigenvalue weighted by Crippen LogP contribution is -2.50. The zero-order valence-corrected chi connectivity index (χ0v) is 20.9. The molecule has 0 radical (unpaired) electrons. The molecule has 186 valence electrons. The normalized spacial score (nSPS) is 24.8. The summed E-state index contributed by atoms with van der Waals surface area (Å²) < 4.78 is 5.83. The van der Waals surface area contributed by atoms with Gasteiger partial charge in [0.1, 0.15) is 11.6 Å². The number of aliphatic carboxylic acids is 1. The first-order valence-electron chi connectivity index (χ1n) is 12.7. The van der Waals surface area contributed by atoms with Crippen LogP contribution in [-0.4, -0.2) is 57.7 Å². The summed E-state index contributed by atoms with van der Waals surface area (Å²) in [5.41, 5.74) is 2.94. The van der Waals surface area contributed by atoms with Crippen LogP contribution in [-0.2, 0) is 22.5 Å². The number of hydrogen-bond acceptors (Lipinski definition) is 4. The molecule has 3 aliphatic rings. The molecule has 2 aromatic rings. The fourth-order valence-electron chi connectivity index (χ4n) is 5.54. The highest BCUT2D eigenvalue weighted by Gasteiger charge is 2.53. The number of fused-ring (bicyclic) bond motifs is 1. The smallest absolute Gasteiger partial charge is 0.410 e. The Morgan fingerprint density at radius 3 is 2.34 bits per heavy atom. The van der Waals surface area contributed by atoms with Gasteiger partial charge in [0.2, 0.25) is 0 Å². The lowest BCUT2D eigenvalue weighted by molar-refractivity contribution is -0.144. The number of amides is 1. The van der Waals surface area contributed by atoms with E-state index < -0.39 is 17.6 Å². The van der Waals surface area contributed by atoms with Crippen molar-refractivity contribution in [1.82, 2.24) is 9.80 Å². The van der Waals surface area contributed by atoms with Crippen molar-refractivity contribution >= 4 is 12.1 Å². The Morgan fingerprint density at radius 1 is 1.06 bits per heavy atom. The monoisotopic (exact) mass is 476 g/mol. The minimum Gasteiger partial charge on any atom is -0.480 e. The van der Waals surface area contributed by atoms with Crippen LogP contribution in [0.4, 0.5) is 4.79 Å². The van der Waals surface area contributed by atoms with Gasteiger partial charge in [-0.15, -0.1) is 0 Å². The molecule has 2 saturated carbocycles. The molecule has 2 aliphatic carbocycles. The van der Waals surface area contributed by atoms with E-state index in [9.17, 15) is 14.7 Å². The number of carbonyl (C=O) groups excluding carboxylic acids is 1. The van der Waals surface area contributed by atoms with Gasteiger partial charge in [0.25, 0.3) is 0 Å². The van der Waals surface area contributed by atoms with Gasteiger partial charge in [-0.3, -0.25) is 9.69 Å². The summed E-state index contributed by atoms with van der Waals surface area (Å²) in [5.74, 6) is -0.446. The van der Waals surface area contributed by atoms with E-state index in [0.29, 0.717) is 32.0 Å². The van der Waals surface area contributed by atoms with Crippen molar-refractivity contribution in [2.24, 2.45) is 5.41 Å². The molecule has 0 saturated heterocycles. The summed E-state index contributed by atoms with van der Waals surface area (Å²) >= 11 is 0. The van der Waals surface area contributed by atoms with Gasteiger partial charge in [0.05, 0.1) is 0 Å². The minimum absolute atomic E-state index is 0.0826. The lowest BCUT2D eigenvalue weighted by Gasteiger charge is -2.38. The van der Waals surface area contributed by atoms with Crippen molar-refractivity contribution in [1.29, 1.82) is 0 Å². The van der Waals surface area contributed by atoms with E-state index in [1.54, 1.807) is 0 Å². The summed E-state index contributed by atoms with van der Waals surface area (Å²) in [4.78, 5) is 29.6. The van der Waals surface area contributed by atoms with E-state index in [0.717, 1.165) is 24.8 Å². The average molecular weight is 477 g/mol. The molecule has 2 fully saturated rings. The summed E-state index contributed by atoms with van der Waals surface area (Å²) in [6.45, 7) is 7.64. The molecule has 5 rings (SSSR count). The van der Waals surface area contributed by atoms with Crippen molar-refractivity contribution in [3.8, 4) is 0 Å². The number of ether oxygens (including phenoxy) is 1. The van der Waals surface area contributed by atoms with Gasteiger partial charge >= 0.3 is 12.1 Å². The summed E-state index contributed by atoms with van der Waals surface area (Å²) in [6.07, 6.45) is 3.20. The van der Waals surface area contributed by atoms with Gasteiger partial charge in [-0.25, -0.2) is 4.79 Å². The van der Waals surface area contributed by atoms with Gasteiger partial charge in [0, 0.05) is 37.0 Å². The van der Waals surface area contributed by atoms with Crippen molar-refractivity contribution in [3.63, 3.8) is 0 Å². The largest absolute Gasteiger partial charge is 0.480 e. The molecule has 6 nitrogen and oxygen atoms in total. The topological polar surface area (TPSA) is 70.1 Å². The molecule has 0 bridgehead atoms. The van der Waals surface area contributed by atoms with Crippen molar-refractivity contribution in [2.75, 3.05) is 13.1 Å². The van der Waals surface area contributed by atoms with E-state index in [4.69, 9.17) is 4.74 Å². The highest BCUT2D eigenvalue weighted by atomic mass is 16.6. The Morgan fingerprint density at radius 2 is 1.71 bits per heavy atom. The zero-order chi connectivity index (χ0) is 24.8. The second-order valence-corrected chi connectivity index (χ2v) is 11.7. The van der Waals surface area contributed by atoms with Crippen LogP contribution in [0.1, 0.15) is 62.6 Å². The van der Waals surface area contributed by atoms with E-state index in [1.807, 2.05) is 62.1 Å². The molecule has 1 heterocycles. The minimum atomic E-state index is -0.773. The molecular weight excluding hydrogens is 440 g/mol. The third-order valence-corrected chi connectivity index (χ3v) is 7.65. The zero-order valence-electron chi connectivity index (χ0n) is 20.9. The summed E-state index contributed by atoms with van der Waals surface area (Å²) in [6, 6.07) is 18.1. The number of nitrogens with zero attached hydrogens (tertiary/aromatic N) is 2. The molecule has 3 atom stereocenters. The predicted molar refractivity (Wildman–Crippen MR) is 134 cm³/mol. The molecular formula is C29H36N2O4. The Hall–Kier alpha value is -2.86. The summed E-state index contributed by atoms with van der Waals surface area (Å²) in [7, 11) is 0. The van der Waals surface area contributed by atoms with Gasteiger partial charge in [0.15, 0.2) is 0 Å². The average Bonchev–Trinajstić information content (AvgIpc) is 3.73.